The van der Waals surface area contributed by atoms with Gasteiger partial charge in [-0.25, -0.2) is 13.8 Å². The highest BCUT2D eigenvalue weighted by Gasteiger charge is 2.45. The van der Waals surface area contributed by atoms with Crippen molar-refractivity contribution in [1.29, 1.82) is 0 Å². The molecule has 2 heterocycles. The molecular formula is C17H28N4O6S. The van der Waals surface area contributed by atoms with Crippen LogP contribution in [0.2, 0.25) is 0 Å². The first kappa shape index (κ1) is 22.2. The lowest BCUT2D eigenvalue weighted by Gasteiger charge is -2.52. The normalized spacial score (nSPS) is 24.9. The average Bonchev–Trinajstić information content (AvgIpc) is 2.55. The van der Waals surface area contributed by atoms with Crippen LogP contribution in [0.1, 0.15) is 40.3 Å². The predicted octanol–water partition coefficient (Wildman–Crippen LogP) is 1.06. The number of aromatic nitrogens is 2. The molecule has 1 saturated heterocycles. The second-order valence-electron chi connectivity index (χ2n) is 7.41. The van der Waals surface area contributed by atoms with Crippen molar-refractivity contribution in [2.75, 3.05) is 17.4 Å². The Hall–Kier alpha value is -2.11. The van der Waals surface area contributed by atoms with Crippen molar-refractivity contribution in [2.24, 2.45) is 17.6 Å². The number of hydrogen-bond acceptors (Lipinski definition) is 9. The molecule has 28 heavy (non-hydrogen) atoms. The van der Waals surface area contributed by atoms with Gasteiger partial charge < -0.3 is 20.4 Å². The predicted molar refractivity (Wildman–Crippen MR) is 105 cm³/mol. The van der Waals surface area contributed by atoms with Crippen LogP contribution in [0.15, 0.2) is 17.1 Å². The number of nitrogens with two attached hydrogens (primary N) is 2. The fourth-order valence-corrected chi connectivity index (χ4v) is 4.47. The van der Waals surface area contributed by atoms with Gasteiger partial charge in [-0.3, -0.25) is 9.36 Å². The molecule has 0 saturated carbocycles. The maximum absolute atomic E-state index is 12.3. The van der Waals surface area contributed by atoms with Crippen molar-refractivity contribution >= 4 is 28.3 Å². The molecule has 1 aromatic heterocycles. The number of nitrogen functional groups attached to an aromatic ring is 1. The van der Waals surface area contributed by atoms with Crippen molar-refractivity contribution in [3.63, 3.8) is 0 Å². The maximum atomic E-state index is 12.3. The van der Waals surface area contributed by atoms with Crippen LogP contribution in [0.5, 0.6) is 0 Å². The van der Waals surface area contributed by atoms with Gasteiger partial charge in [0.25, 0.3) is 0 Å². The van der Waals surface area contributed by atoms with Crippen molar-refractivity contribution in [1.82, 2.24) is 9.55 Å². The van der Waals surface area contributed by atoms with E-state index in [0.29, 0.717) is 0 Å². The number of carbonyl (C=O) groups excluding carboxylic acids is 2. The minimum Gasteiger partial charge on any atom is -0.444 e. The number of esters is 1. The second kappa shape index (κ2) is 8.93. The van der Waals surface area contributed by atoms with Gasteiger partial charge in [0.2, 0.25) is 0 Å². The average molecular weight is 417 g/mol. The topological polar surface area (TPSA) is 149 Å². The van der Waals surface area contributed by atoms with Crippen LogP contribution >= 0.6 is 10.6 Å². The second-order valence-corrected chi connectivity index (χ2v) is 9.82. The zero-order valence-corrected chi connectivity index (χ0v) is 17.3. The van der Waals surface area contributed by atoms with E-state index in [1.807, 2.05) is 13.8 Å². The smallest absolute Gasteiger partial charge is 0.351 e. The summed E-state index contributed by atoms with van der Waals surface area (Å²) in [4.78, 5) is 39.9. The molecular weight excluding hydrogens is 388 g/mol. The third-order valence-electron chi connectivity index (χ3n) is 4.04. The van der Waals surface area contributed by atoms with Crippen molar-refractivity contribution in [2.45, 2.75) is 46.4 Å². The first-order valence-corrected chi connectivity index (χ1v) is 10.8. The molecule has 1 aliphatic heterocycles. The number of rotatable bonds is 8. The Balaban J connectivity index is 2.11. The van der Waals surface area contributed by atoms with Gasteiger partial charge in [-0.1, -0.05) is 27.7 Å². The first-order chi connectivity index (χ1) is 13.0. The minimum absolute atomic E-state index is 0.0936. The van der Waals surface area contributed by atoms with E-state index in [9.17, 15) is 14.4 Å². The summed E-state index contributed by atoms with van der Waals surface area (Å²) in [5.74, 6) is -0.976. The Bertz CT molecular complexity index is 775. The third-order valence-corrected chi connectivity index (χ3v) is 6.35. The van der Waals surface area contributed by atoms with Crippen LogP contribution in [0, 0.1) is 11.8 Å². The zero-order chi connectivity index (χ0) is 21.1. The van der Waals surface area contributed by atoms with E-state index in [2.05, 4.69) is 4.98 Å². The molecule has 4 N–H and O–H groups in total. The summed E-state index contributed by atoms with van der Waals surface area (Å²) in [7, 11) is -2.52. The Labute approximate surface area is 165 Å². The SMILES string of the molecule is CC(C)CC(=O)OCS1(OC(=O)C(N)C(C)C)CC(n2ccc(N)nc2=O)O1. The van der Waals surface area contributed by atoms with Crippen molar-refractivity contribution < 1.29 is 22.7 Å². The molecule has 0 radical (unpaired) electrons. The molecule has 1 aliphatic rings. The van der Waals surface area contributed by atoms with E-state index in [4.69, 9.17) is 24.6 Å². The van der Waals surface area contributed by atoms with Gasteiger partial charge in [-0.15, -0.1) is 10.6 Å². The lowest BCUT2D eigenvalue weighted by Crippen LogP contribution is -2.45. The molecule has 10 nitrogen and oxygen atoms in total. The summed E-state index contributed by atoms with van der Waals surface area (Å²) in [6.07, 6.45) is 0.993. The van der Waals surface area contributed by atoms with E-state index in [-0.39, 0.29) is 35.8 Å². The molecule has 11 heteroatoms. The molecule has 0 bridgehead atoms. The summed E-state index contributed by atoms with van der Waals surface area (Å²) in [6.45, 7) is 7.37. The minimum atomic E-state index is -2.52. The van der Waals surface area contributed by atoms with Crippen LogP contribution in [0.3, 0.4) is 0 Å². The van der Waals surface area contributed by atoms with Gasteiger partial charge >= 0.3 is 17.6 Å². The Morgan fingerprint density at radius 1 is 1.39 bits per heavy atom. The van der Waals surface area contributed by atoms with Crippen molar-refractivity contribution in [3.05, 3.63) is 22.7 Å². The molecule has 0 aromatic carbocycles. The van der Waals surface area contributed by atoms with Crippen LogP contribution in [-0.2, 0) is 22.7 Å². The summed E-state index contributed by atoms with van der Waals surface area (Å²) in [6, 6.07) is 0.628. The van der Waals surface area contributed by atoms with Crippen LogP contribution in [-0.4, -0.2) is 39.2 Å². The molecule has 0 aliphatic carbocycles. The highest BCUT2D eigenvalue weighted by atomic mass is 32.3. The van der Waals surface area contributed by atoms with Crippen molar-refractivity contribution in [3.8, 4) is 0 Å². The summed E-state index contributed by atoms with van der Waals surface area (Å²) >= 11 is 0. The fraction of sp³-hybridized carbons (Fsp3) is 0.647. The third kappa shape index (κ3) is 5.46. The van der Waals surface area contributed by atoms with Gasteiger partial charge in [-0.2, -0.15) is 4.98 Å². The Kier molecular flexibility index (Phi) is 7.07. The zero-order valence-electron chi connectivity index (χ0n) is 16.5. The first-order valence-electron chi connectivity index (χ1n) is 8.99. The van der Waals surface area contributed by atoms with Gasteiger partial charge in [0.15, 0.2) is 12.2 Å². The lowest BCUT2D eigenvalue weighted by molar-refractivity contribution is -0.144. The maximum Gasteiger partial charge on any atom is 0.351 e. The quantitative estimate of drug-likeness (QED) is 0.593. The number of ether oxygens (including phenoxy) is 1. The molecule has 3 unspecified atom stereocenters. The summed E-state index contributed by atoms with van der Waals surface area (Å²) in [5.41, 5.74) is 10.8. The van der Waals surface area contributed by atoms with Gasteiger partial charge in [0, 0.05) is 12.6 Å². The van der Waals surface area contributed by atoms with E-state index >= 15 is 0 Å². The standard InChI is InChI=1S/C17H28N4O6S/c1-10(2)7-14(22)25-9-28(27-16(23)15(19)11(3)4)8-13(26-28)21-6-5-12(18)20-17(21)24/h5-6,10-11,13,15H,7-9,19H2,1-4H3,(H2,18,20,24). The number of anilines is 1. The molecule has 158 valence electrons. The molecule has 2 rings (SSSR count). The monoisotopic (exact) mass is 416 g/mol. The Morgan fingerprint density at radius 3 is 2.57 bits per heavy atom. The Morgan fingerprint density at radius 2 is 2.04 bits per heavy atom. The van der Waals surface area contributed by atoms with Crippen LogP contribution in [0.4, 0.5) is 5.82 Å². The van der Waals surface area contributed by atoms with E-state index in [0.717, 1.165) is 0 Å². The van der Waals surface area contributed by atoms with Crippen LogP contribution in [0.25, 0.3) is 0 Å². The summed E-state index contributed by atoms with van der Waals surface area (Å²) < 4.78 is 17.8. The summed E-state index contributed by atoms with van der Waals surface area (Å²) in [5, 5.41) is 0. The number of carbonyl (C=O) groups is 2. The van der Waals surface area contributed by atoms with Crippen LogP contribution < -0.4 is 17.2 Å². The molecule has 1 fully saturated rings. The number of nitrogens with zero attached hydrogens (tertiary/aromatic N) is 2. The fourth-order valence-electron chi connectivity index (χ4n) is 2.36. The van der Waals surface area contributed by atoms with Gasteiger partial charge in [0.05, 0.1) is 5.75 Å². The van der Waals surface area contributed by atoms with Gasteiger partial charge in [-0.05, 0) is 17.9 Å². The van der Waals surface area contributed by atoms with E-state index in [1.54, 1.807) is 13.8 Å². The lowest BCUT2D eigenvalue weighted by atomic mass is 10.1. The molecule has 1 aromatic rings. The van der Waals surface area contributed by atoms with E-state index < -0.39 is 40.5 Å². The highest BCUT2D eigenvalue weighted by molar-refractivity contribution is 8.26. The molecule has 0 spiro atoms. The number of hydrogen-bond donors (Lipinski definition) is 2. The highest BCUT2D eigenvalue weighted by Crippen LogP contribution is 2.63. The molecule has 0 amide bonds. The molecule has 3 atom stereocenters. The van der Waals surface area contributed by atoms with E-state index in [1.165, 1.54) is 16.8 Å². The largest absolute Gasteiger partial charge is 0.444 e. The van der Waals surface area contributed by atoms with Gasteiger partial charge in [0.1, 0.15) is 11.9 Å².